The first kappa shape index (κ1) is 24.0. The maximum absolute atomic E-state index is 14.2. The lowest BCUT2D eigenvalue weighted by atomic mass is 9.81. The van der Waals surface area contributed by atoms with Gasteiger partial charge in [-0.15, -0.1) is 0 Å². The third kappa shape index (κ3) is 4.10. The number of aromatic nitrogens is 3. The van der Waals surface area contributed by atoms with Crippen molar-refractivity contribution in [3.63, 3.8) is 0 Å². The summed E-state index contributed by atoms with van der Waals surface area (Å²) in [6, 6.07) is 4.31. The van der Waals surface area contributed by atoms with E-state index in [0.717, 1.165) is 17.3 Å². The van der Waals surface area contributed by atoms with Crippen molar-refractivity contribution in [3.8, 4) is 11.3 Å². The molecule has 1 aliphatic rings. The van der Waals surface area contributed by atoms with Crippen LogP contribution in [-0.2, 0) is 11.0 Å². The van der Waals surface area contributed by atoms with E-state index in [1.165, 1.54) is 6.07 Å². The number of carboxylic acids is 1. The number of hydrogen-bond acceptors (Lipinski definition) is 4. The van der Waals surface area contributed by atoms with E-state index in [1.54, 1.807) is 17.5 Å². The lowest BCUT2D eigenvalue weighted by Crippen LogP contribution is -2.47. The van der Waals surface area contributed by atoms with Gasteiger partial charge in [-0.3, -0.25) is 4.79 Å². The fourth-order valence-electron chi connectivity index (χ4n) is 4.74. The number of alkyl halides is 3. The average molecular weight is 478 g/mol. The molecule has 34 heavy (non-hydrogen) atoms. The second-order valence-corrected chi connectivity index (χ2v) is 9.47. The van der Waals surface area contributed by atoms with Crippen LogP contribution in [0, 0.1) is 18.2 Å². The number of hydrogen-bond donors (Lipinski definition) is 1. The van der Waals surface area contributed by atoms with Gasteiger partial charge in [-0.25, -0.2) is 9.37 Å². The number of carboxylic acid groups (broad SMARTS) is 1. The van der Waals surface area contributed by atoms with Crippen molar-refractivity contribution in [1.29, 1.82) is 0 Å². The quantitative estimate of drug-likeness (QED) is 0.489. The van der Waals surface area contributed by atoms with E-state index >= 15 is 0 Å². The molecule has 1 atom stereocenters. The van der Waals surface area contributed by atoms with Crippen molar-refractivity contribution in [2.45, 2.75) is 52.6 Å². The molecule has 0 radical (unpaired) electrons. The molecule has 3 heterocycles. The van der Waals surface area contributed by atoms with Gasteiger partial charge in [0.2, 0.25) is 0 Å². The number of rotatable bonds is 4. The molecule has 1 N–H and O–H groups in total. The highest BCUT2D eigenvalue weighted by atomic mass is 19.4. The molecule has 0 spiro atoms. The maximum Gasteiger partial charge on any atom is 0.419 e. The van der Waals surface area contributed by atoms with Gasteiger partial charge in [0.25, 0.3) is 0 Å². The fraction of sp³-hybridized carbons (Fsp3) is 0.458. The smallest absolute Gasteiger partial charge is 0.419 e. The first-order chi connectivity index (χ1) is 15.8. The number of anilines is 1. The second-order valence-electron chi connectivity index (χ2n) is 9.47. The summed E-state index contributed by atoms with van der Waals surface area (Å²) in [5, 5.41) is 14.4. The molecule has 0 saturated carbocycles. The van der Waals surface area contributed by atoms with Gasteiger partial charge in [0.15, 0.2) is 5.65 Å². The standard InChI is InChI=1S/C24H26F4N4O2/c1-13(2)20-14(3)29-19-11-18(15-6-7-16(17(25)10-15)24(26,27)28)30-32(19)21(20)31-9-5-8-23(4,12-31)22(33)34/h6-7,10-11,13H,5,8-9,12H2,1-4H3,(H,33,34). The maximum atomic E-state index is 14.2. The van der Waals surface area contributed by atoms with Gasteiger partial charge in [-0.2, -0.15) is 22.8 Å². The predicted molar refractivity (Wildman–Crippen MR) is 119 cm³/mol. The molecule has 182 valence electrons. The van der Waals surface area contributed by atoms with Gasteiger partial charge in [0, 0.05) is 36.0 Å². The lowest BCUT2D eigenvalue weighted by molar-refractivity contribution is -0.148. The Hall–Kier alpha value is -3.17. The van der Waals surface area contributed by atoms with Crippen LogP contribution >= 0.6 is 0 Å². The Labute approximate surface area is 194 Å². The Morgan fingerprint density at radius 3 is 2.53 bits per heavy atom. The van der Waals surface area contributed by atoms with Crippen molar-refractivity contribution in [1.82, 2.24) is 14.6 Å². The van der Waals surface area contributed by atoms with Crippen LogP contribution in [0.1, 0.15) is 56.4 Å². The first-order valence-corrected chi connectivity index (χ1v) is 11.1. The predicted octanol–water partition coefficient (Wildman–Crippen LogP) is 5.68. The van der Waals surface area contributed by atoms with E-state index in [9.17, 15) is 27.5 Å². The number of benzene rings is 1. The number of nitrogens with zero attached hydrogens (tertiary/aromatic N) is 4. The van der Waals surface area contributed by atoms with Crippen LogP contribution in [0.2, 0.25) is 0 Å². The van der Waals surface area contributed by atoms with Gasteiger partial charge in [-0.05, 0) is 44.7 Å². The summed E-state index contributed by atoms with van der Waals surface area (Å²) in [4.78, 5) is 18.6. The summed E-state index contributed by atoms with van der Waals surface area (Å²) in [6.45, 7) is 8.52. The molecule has 1 unspecified atom stereocenters. The summed E-state index contributed by atoms with van der Waals surface area (Å²) in [5.41, 5.74) is 0.329. The minimum absolute atomic E-state index is 0.0566. The Morgan fingerprint density at radius 2 is 1.94 bits per heavy atom. The highest BCUT2D eigenvalue weighted by Crippen LogP contribution is 2.38. The Morgan fingerprint density at radius 1 is 1.24 bits per heavy atom. The van der Waals surface area contributed by atoms with Crippen molar-refractivity contribution >= 4 is 17.4 Å². The van der Waals surface area contributed by atoms with Crippen LogP contribution in [-0.4, -0.2) is 38.8 Å². The number of halogens is 4. The van der Waals surface area contributed by atoms with E-state index in [0.29, 0.717) is 36.9 Å². The topological polar surface area (TPSA) is 70.7 Å². The number of fused-ring (bicyclic) bond motifs is 1. The summed E-state index contributed by atoms with van der Waals surface area (Å²) < 4.78 is 54.7. The molecule has 10 heteroatoms. The Balaban J connectivity index is 1.88. The van der Waals surface area contributed by atoms with Crippen molar-refractivity contribution < 1.29 is 27.5 Å². The third-order valence-corrected chi connectivity index (χ3v) is 6.46. The summed E-state index contributed by atoms with van der Waals surface area (Å²) in [6.07, 6.45) is -3.55. The number of aliphatic carboxylic acids is 1. The molecule has 3 aromatic rings. The largest absolute Gasteiger partial charge is 0.481 e. The molecule has 1 aromatic carbocycles. The van der Waals surface area contributed by atoms with Crippen LogP contribution in [0.25, 0.3) is 16.9 Å². The molecule has 2 aromatic heterocycles. The molecule has 0 aliphatic carbocycles. The highest BCUT2D eigenvalue weighted by molar-refractivity contribution is 5.76. The monoisotopic (exact) mass is 478 g/mol. The molecule has 1 fully saturated rings. The minimum atomic E-state index is -4.79. The zero-order chi connectivity index (χ0) is 25.0. The highest BCUT2D eigenvalue weighted by Gasteiger charge is 2.40. The molecule has 1 aliphatic heterocycles. The van der Waals surface area contributed by atoms with E-state index in [-0.39, 0.29) is 23.7 Å². The van der Waals surface area contributed by atoms with Crippen molar-refractivity contribution in [3.05, 3.63) is 46.9 Å². The Bertz CT molecular complexity index is 1270. The van der Waals surface area contributed by atoms with Crippen LogP contribution in [0.5, 0.6) is 0 Å². The molecule has 6 nitrogen and oxygen atoms in total. The zero-order valence-electron chi connectivity index (χ0n) is 19.4. The van der Waals surface area contributed by atoms with Crippen LogP contribution in [0.3, 0.4) is 0 Å². The molecule has 0 amide bonds. The van der Waals surface area contributed by atoms with Gasteiger partial charge >= 0.3 is 12.1 Å². The van der Waals surface area contributed by atoms with Crippen LogP contribution in [0.4, 0.5) is 23.4 Å². The van der Waals surface area contributed by atoms with Gasteiger partial charge in [0.1, 0.15) is 11.6 Å². The third-order valence-electron chi connectivity index (χ3n) is 6.46. The fourth-order valence-corrected chi connectivity index (χ4v) is 4.74. The molecule has 4 rings (SSSR count). The van der Waals surface area contributed by atoms with E-state index in [2.05, 4.69) is 10.1 Å². The second kappa shape index (κ2) is 8.25. The summed E-state index contributed by atoms with van der Waals surface area (Å²) in [7, 11) is 0. The lowest BCUT2D eigenvalue weighted by Gasteiger charge is -2.40. The van der Waals surface area contributed by atoms with Crippen LogP contribution < -0.4 is 4.90 Å². The SMILES string of the molecule is Cc1nc2cc(-c3ccc(C(F)(F)F)c(F)c3)nn2c(N2CCCC(C)(C(=O)O)C2)c1C(C)C. The normalized spacial score (nSPS) is 19.3. The van der Waals surface area contributed by atoms with Gasteiger partial charge in [0.05, 0.1) is 16.7 Å². The summed E-state index contributed by atoms with van der Waals surface area (Å²) in [5.74, 6) is -1.47. The van der Waals surface area contributed by atoms with E-state index in [4.69, 9.17) is 0 Å². The minimum Gasteiger partial charge on any atom is -0.481 e. The molecular formula is C24H26F4N4O2. The molecule has 1 saturated heterocycles. The molecular weight excluding hydrogens is 452 g/mol. The zero-order valence-corrected chi connectivity index (χ0v) is 19.4. The Kier molecular flexibility index (Phi) is 5.81. The van der Waals surface area contributed by atoms with E-state index in [1.807, 2.05) is 25.7 Å². The van der Waals surface area contributed by atoms with Crippen molar-refractivity contribution in [2.24, 2.45) is 5.41 Å². The van der Waals surface area contributed by atoms with Gasteiger partial charge < -0.3 is 10.0 Å². The molecule has 0 bridgehead atoms. The average Bonchev–Trinajstić information content (AvgIpc) is 3.15. The number of aryl methyl sites for hydroxylation is 1. The number of carbonyl (C=O) groups is 1. The van der Waals surface area contributed by atoms with Crippen LogP contribution in [0.15, 0.2) is 24.3 Å². The van der Waals surface area contributed by atoms with Gasteiger partial charge in [-0.1, -0.05) is 19.9 Å². The first-order valence-electron chi connectivity index (χ1n) is 11.1. The number of piperidine rings is 1. The van der Waals surface area contributed by atoms with E-state index < -0.39 is 28.9 Å². The summed E-state index contributed by atoms with van der Waals surface area (Å²) >= 11 is 0. The van der Waals surface area contributed by atoms with Crippen molar-refractivity contribution in [2.75, 3.05) is 18.0 Å².